The van der Waals surface area contributed by atoms with E-state index in [1.165, 1.54) is 12.1 Å². The summed E-state index contributed by atoms with van der Waals surface area (Å²) in [6.07, 6.45) is -4.19. The Bertz CT molecular complexity index is 534. The molecule has 4 nitrogen and oxygen atoms in total. The van der Waals surface area contributed by atoms with Crippen molar-refractivity contribution in [1.29, 1.82) is 0 Å². The second-order valence-electron chi connectivity index (χ2n) is 5.47. The summed E-state index contributed by atoms with van der Waals surface area (Å²) in [7, 11) is 1.79. The average Bonchev–Trinajstić information content (AvgIpc) is 3.23. The lowest BCUT2D eigenvalue weighted by Crippen LogP contribution is -2.38. The maximum absolute atomic E-state index is 12.4. The molecule has 1 aromatic carbocycles. The normalized spacial score (nSPS) is 22.0. The number of para-hydroxylation sites is 1. The summed E-state index contributed by atoms with van der Waals surface area (Å²) in [5, 5.41) is 5.80. The number of halogens is 3. The van der Waals surface area contributed by atoms with Crippen molar-refractivity contribution in [2.24, 2.45) is 5.92 Å². The van der Waals surface area contributed by atoms with E-state index >= 15 is 0 Å². The van der Waals surface area contributed by atoms with Gasteiger partial charge in [0.2, 0.25) is 5.91 Å². The number of likely N-dealkylation sites (N-methyl/N-ethyl adjacent to an activating group) is 1. The van der Waals surface area contributed by atoms with Crippen molar-refractivity contribution < 1.29 is 22.7 Å². The largest absolute Gasteiger partial charge is 0.573 e. The molecule has 1 saturated carbocycles. The summed E-state index contributed by atoms with van der Waals surface area (Å²) in [4.78, 5) is 12.0. The third-order valence-electron chi connectivity index (χ3n) is 3.75. The molecule has 2 rings (SSSR count). The number of amides is 1. The van der Waals surface area contributed by atoms with E-state index in [-0.39, 0.29) is 29.5 Å². The molecule has 1 aliphatic carbocycles. The van der Waals surface area contributed by atoms with Crippen molar-refractivity contribution in [1.82, 2.24) is 10.6 Å². The smallest absolute Gasteiger partial charge is 0.405 e. The number of rotatable bonds is 6. The van der Waals surface area contributed by atoms with Crippen molar-refractivity contribution in [3.8, 4) is 5.75 Å². The number of ether oxygens (including phenoxy) is 1. The fourth-order valence-electron chi connectivity index (χ4n) is 2.32. The molecule has 1 aliphatic rings. The summed E-state index contributed by atoms with van der Waals surface area (Å²) in [5.74, 6) is -0.863. The molecule has 1 aromatic rings. The fourth-order valence-corrected chi connectivity index (χ4v) is 2.32. The van der Waals surface area contributed by atoms with E-state index in [2.05, 4.69) is 15.4 Å². The van der Waals surface area contributed by atoms with Crippen LogP contribution in [0.25, 0.3) is 0 Å². The molecule has 0 aromatic heterocycles. The Balaban J connectivity index is 1.99. The number of carbonyl (C=O) groups is 1. The maximum atomic E-state index is 12.4. The lowest BCUT2D eigenvalue weighted by Gasteiger charge is -2.13. The molecule has 1 fully saturated rings. The van der Waals surface area contributed by atoms with Crippen LogP contribution in [-0.2, 0) is 4.79 Å². The molecule has 3 atom stereocenters. The van der Waals surface area contributed by atoms with Gasteiger partial charge in [0.25, 0.3) is 0 Å². The molecule has 0 saturated heterocycles. The standard InChI is InChI=1S/C15H19F3N2O2/c1-9(19-2)8-20-14(21)12-7-11(12)10-5-3-4-6-13(10)22-15(16,17)18/h3-6,9,11-12,19H,7-8H2,1-2H3,(H,20,21). The second-order valence-corrected chi connectivity index (χ2v) is 5.47. The van der Waals surface area contributed by atoms with Crippen LogP contribution in [0.4, 0.5) is 13.2 Å². The van der Waals surface area contributed by atoms with Gasteiger partial charge in [0.1, 0.15) is 5.75 Å². The summed E-state index contributed by atoms with van der Waals surface area (Å²) in [6, 6.07) is 6.13. The van der Waals surface area contributed by atoms with Crippen LogP contribution in [-0.4, -0.2) is 31.9 Å². The van der Waals surface area contributed by atoms with Crippen molar-refractivity contribution >= 4 is 5.91 Å². The lowest BCUT2D eigenvalue weighted by atomic mass is 10.1. The Morgan fingerprint density at radius 1 is 1.41 bits per heavy atom. The predicted octanol–water partition coefficient (Wildman–Crippen LogP) is 2.41. The zero-order valence-corrected chi connectivity index (χ0v) is 12.4. The average molecular weight is 316 g/mol. The van der Waals surface area contributed by atoms with E-state index in [0.29, 0.717) is 18.5 Å². The molecule has 0 heterocycles. The highest BCUT2D eigenvalue weighted by atomic mass is 19.4. The molecule has 0 radical (unpaired) electrons. The monoisotopic (exact) mass is 316 g/mol. The van der Waals surface area contributed by atoms with Gasteiger partial charge < -0.3 is 15.4 Å². The Morgan fingerprint density at radius 3 is 2.73 bits per heavy atom. The van der Waals surface area contributed by atoms with Crippen LogP contribution >= 0.6 is 0 Å². The molecular formula is C15H19F3N2O2. The zero-order valence-electron chi connectivity index (χ0n) is 12.4. The van der Waals surface area contributed by atoms with Gasteiger partial charge >= 0.3 is 6.36 Å². The van der Waals surface area contributed by atoms with Crippen LogP contribution in [0.1, 0.15) is 24.8 Å². The van der Waals surface area contributed by atoms with E-state index in [0.717, 1.165) is 0 Å². The van der Waals surface area contributed by atoms with Crippen LogP contribution in [0.3, 0.4) is 0 Å². The first-order valence-corrected chi connectivity index (χ1v) is 7.11. The minimum atomic E-state index is -4.73. The third-order valence-corrected chi connectivity index (χ3v) is 3.75. The van der Waals surface area contributed by atoms with E-state index in [4.69, 9.17) is 0 Å². The van der Waals surface area contributed by atoms with Gasteiger partial charge in [0.05, 0.1) is 0 Å². The number of hydrogen-bond donors (Lipinski definition) is 2. The van der Waals surface area contributed by atoms with E-state index in [9.17, 15) is 18.0 Å². The lowest BCUT2D eigenvalue weighted by molar-refractivity contribution is -0.274. The number of carbonyl (C=O) groups excluding carboxylic acids is 1. The molecule has 3 unspecified atom stereocenters. The van der Waals surface area contributed by atoms with E-state index in [1.807, 2.05) is 6.92 Å². The zero-order chi connectivity index (χ0) is 16.3. The van der Waals surface area contributed by atoms with E-state index < -0.39 is 6.36 Å². The second kappa shape index (κ2) is 6.56. The molecule has 2 N–H and O–H groups in total. The van der Waals surface area contributed by atoms with Gasteiger partial charge in [-0.25, -0.2) is 0 Å². The van der Waals surface area contributed by atoms with Crippen molar-refractivity contribution in [3.63, 3.8) is 0 Å². The molecule has 0 bridgehead atoms. The highest BCUT2D eigenvalue weighted by molar-refractivity contribution is 5.83. The Labute approximate surface area is 127 Å². The van der Waals surface area contributed by atoms with Gasteiger partial charge in [-0.1, -0.05) is 18.2 Å². The summed E-state index contributed by atoms with van der Waals surface area (Å²) < 4.78 is 41.2. The fraction of sp³-hybridized carbons (Fsp3) is 0.533. The van der Waals surface area contributed by atoms with Crippen LogP contribution in [0, 0.1) is 5.92 Å². The molecular weight excluding hydrogens is 297 g/mol. The van der Waals surface area contributed by atoms with Crippen molar-refractivity contribution in [3.05, 3.63) is 29.8 Å². The van der Waals surface area contributed by atoms with Crippen molar-refractivity contribution in [2.45, 2.75) is 31.7 Å². The molecule has 0 aliphatic heterocycles. The number of hydrogen-bond acceptors (Lipinski definition) is 3. The first-order valence-electron chi connectivity index (χ1n) is 7.11. The Kier molecular flexibility index (Phi) is 4.95. The highest BCUT2D eigenvalue weighted by Crippen LogP contribution is 2.50. The molecule has 22 heavy (non-hydrogen) atoms. The van der Waals surface area contributed by atoms with Gasteiger partial charge in [-0.2, -0.15) is 0 Å². The van der Waals surface area contributed by atoms with Gasteiger partial charge in [-0.05, 0) is 37.9 Å². The molecule has 7 heteroatoms. The van der Waals surface area contributed by atoms with Crippen LogP contribution < -0.4 is 15.4 Å². The quantitative estimate of drug-likeness (QED) is 0.847. The SMILES string of the molecule is CNC(C)CNC(=O)C1CC1c1ccccc1OC(F)(F)F. The first-order chi connectivity index (χ1) is 10.3. The van der Waals surface area contributed by atoms with Gasteiger partial charge in [0, 0.05) is 18.5 Å². The van der Waals surface area contributed by atoms with Gasteiger partial charge in [-0.15, -0.1) is 13.2 Å². The van der Waals surface area contributed by atoms with Crippen LogP contribution in [0.5, 0.6) is 5.75 Å². The minimum Gasteiger partial charge on any atom is -0.405 e. The molecule has 1 amide bonds. The minimum absolute atomic E-state index is 0.131. The number of benzene rings is 1. The molecule has 122 valence electrons. The van der Waals surface area contributed by atoms with Crippen LogP contribution in [0.2, 0.25) is 0 Å². The Morgan fingerprint density at radius 2 is 2.09 bits per heavy atom. The van der Waals surface area contributed by atoms with Crippen LogP contribution in [0.15, 0.2) is 24.3 Å². The maximum Gasteiger partial charge on any atom is 0.573 e. The summed E-state index contributed by atoms with van der Waals surface area (Å²) in [5.41, 5.74) is 0.432. The van der Waals surface area contributed by atoms with Crippen molar-refractivity contribution in [2.75, 3.05) is 13.6 Å². The third kappa shape index (κ3) is 4.37. The van der Waals surface area contributed by atoms with Gasteiger partial charge in [0.15, 0.2) is 0 Å². The molecule has 0 spiro atoms. The first kappa shape index (κ1) is 16.6. The topological polar surface area (TPSA) is 50.4 Å². The number of nitrogens with one attached hydrogen (secondary N) is 2. The summed E-state index contributed by atoms with van der Waals surface area (Å²) >= 11 is 0. The van der Waals surface area contributed by atoms with E-state index in [1.54, 1.807) is 19.2 Å². The number of alkyl halides is 3. The van der Waals surface area contributed by atoms with Gasteiger partial charge in [-0.3, -0.25) is 4.79 Å². The highest BCUT2D eigenvalue weighted by Gasteiger charge is 2.46. The summed E-state index contributed by atoms with van der Waals surface area (Å²) in [6.45, 7) is 2.41. The Hall–Kier alpha value is -1.76. The predicted molar refractivity (Wildman–Crippen MR) is 75.5 cm³/mol.